The van der Waals surface area contributed by atoms with Crippen LogP contribution in [0.2, 0.25) is 10.0 Å². The molecule has 1 amide bonds. The molecular weight excluding hydrogens is 397 g/mol. The molecule has 0 radical (unpaired) electrons. The van der Waals surface area contributed by atoms with Crippen molar-refractivity contribution in [3.8, 4) is 11.5 Å². The molecule has 7 nitrogen and oxygen atoms in total. The first-order valence-corrected chi connectivity index (χ1v) is 8.43. The summed E-state index contributed by atoms with van der Waals surface area (Å²) in [4.78, 5) is 35.4. The second kappa shape index (κ2) is 8.75. The molecule has 0 fully saturated rings. The fourth-order valence-electron chi connectivity index (χ4n) is 2.29. The maximum absolute atomic E-state index is 12.6. The van der Waals surface area contributed by atoms with Crippen LogP contribution in [-0.4, -0.2) is 34.1 Å². The van der Waals surface area contributed by atoms with Gasteiger partial charge < -0.3 is 20.3 Å². The highest BCUT2D eigenvalue weighted by Crippen LogP contribution is 2.41. The highest BCUT2D eigenvalue weighted by molar-refractivity contribution is 6.39. The lowest BCUT2D eigenvalue weighted by Crippen LogP contribution is -2.42. The summed E-state index contributed by atoms with van der Waals surface area (Å²) in [6.45, 7) is 1.08. The van der Waals surface area contributed by atoms with Crippen molar-refractivity contribution >= 4 is 41.0 Å². The first-order valence-electron chi connectivity index (χ1n) is 7.67. The molecule has 0 bridgehead atoms. The average molecular weight is 412 g/mol. The van der Waals surface area contributed by atoms with Crippen molar-refractivity contribution in [2.75, 3.05) is 0 Å². The number of phenols is 1. The van der Waals surface area contributed by atoms with E-state index in [-0.39, 0.29) is 17.0 Å². The quantitative estimate of drug-likeness (QED) is 0.497. The molecule has 0 saturated carbocycles. The molecule has 0 unspecified atom stereocenters. The Balaban J connectivity index is 2.35. The Morgan fingerprint density at radius 1 is 1.19 bits per heavy atom. The Morgan fingerprint density at radius 3 is 2.37 bits per heavy atom. The number of hydrogen-bond acceptors (Lipinski definition) is 5. The number of carbonyl (C=O) groups excluding carboxylic acids is 2. The zero-order valence-electron chi connectivity index (χ0n) is 14.0. The molecule has 0 aliphatic carbocycles. The van der Waals surface area contributed by atoms with Crippen LogP contribution in [0.15, 0.2) is 36.4 Å². The Kier molecular flexibility index (Phi) is 6.65. The molecule has 0 aromatic heterocycles. The SMILES string of the molecule is CC(=O)Oc1c(C(=O)N[C@@H](Cc2ccccc2)C(=O)O)cc(Cl)c(O)c1Cl. The topological polar surface area (TPSA) is 113 Å². The third kappa shape index (κ3) is 5.12. The van der Waals surface area contributed by atoms with Gasteiger partial charge in [0.15, 0.2) is 11.5 Å². The molecule has 3 N–H and O–H groups in total. The molecule has 9 heteroatoms. The van der Waals surface area contributed by atoms with Crippen LogP contribution in [0.1, 0.15) is 22.8 Å². The molecule has 142 valence electrons. The van der Waals surface area contributed by atoms with Gasteiger partial charge in [0.1, 0.15) is 11.1 Å². The summed E-state index contributed by atoms with van der Waals surface area (Å²) in [7, 11) is 0. The van der Waals surface area contributed by atoms with Gasteiger partial charge in [0.2, 0.25) is 0 Å². The van der Waals surface area contributed by atoms with Crippen LogP contribution in [0.5, 0.6) is 11.5 Å². The summed E-state index contributed by atoms with van der Waals surface area (Å²) in [5.41, 5.74) is 0.421. The van der Waals surface area contributed by atoms with E-state index in [0.717, 1.165) is 13.0 Å². The number of aliphatic carboxylic acids is 1. The van der Waals surface area contributed by atoms with E-state index in [1.165, 1.54) is 0 Å². The Labute approximate surface area is 164 Å². The molecule has 2 aromatic rings. The lowest BCUT2D eigenvalue weighted by molar-refractivity contribution is -0.139. The predicted molar refractivity (Wildman–Crippen MR) is 98.5 cm³/mol. The Hall–Kier alpha value is -2.77. The highest BCUT2D eigenvalue weighted by Gasteiger charge is 2.27. The second-order valence-corrected chi connectivity index (χ2v) is 6.33. The van der Waals surface area contributed by atoms with E-state index in [4.69, 9.17) is 27.9 Å². The van der Waals surface area contributed by atoms with Gasteiger partial charge in [-0.3, -0.25) is 9.59 Å². The molecule has 0 heterocycles. The van der Waals surface area contributed by atoms with Gasteiger partial charge in [0, 0.05) is 13.3 Å². The highest BCUT2D eigenvalue weighted by atomic mass is 35.5. The first kappa shape index (κ1) is 20.5. The fourth-order valence-corrected chi connectivity index (χ4v) is 2.78. The second-order valence-electron chi connectivity index (χ2n) is 5.55. The van der Waals surface area contributed by atoms with E-state index in [1.54, 1.807) is 30.3 Å². The molecule has 2 rings (SSSR count). The zero-order chi connectivity index (χ0) is 20.1. The van der Waals surface area contributed by atoms with Crippen molar-refractivity contribution in [2.24, 2.45) is 0 Å². The van der Waals surface area contributed by atoms with Gasteiger partial charge >= 0.3 is 11.9 Å². The van der Waals surface area contributed by atoms with Crippen LogP contribution in [0.3, 0.4) is 0 Å². The van der Waals surface area contributed by atoms with Gasteiger partial charge in [0.25, 0.3) is 5.91 Å². The lowest BCUT2D eigenvalue weighted by Gasteiger charge is -2.17. The summed E-state index contributed by atoms with van der Waals surface area (Å²) < 4.78 is 4.90. The molecule has 1 atom stereocenters. The monoisotopic (exact) mass is 411 g/mol. The van der Waals surface area contributed by atoms with Crippen molar-refractivity contribution in [1.29, 1.82) is 0 Å². The van der Waals surface area contributed by atoms with Crippen LogP contribution < -0.4 is 10.1 Å². The number of esters is 1. The Bertz CT molecular complexity index is 885. The van der Waals surface area contributed by atoms with E-state index in [9.17, 15) is 24.6 Å². The van der Waals surface area contributed by atoms with Gasteiger partial charge in [-0.25, -0.2) is 4.79 Å². The van der Waals surface area contributed by atoms with Gasteiger partial charge in [-0.1, -0.05) is 53.5 Å². The van der Waals surface area contributed by atoms with Gasteiger partial charge in [-0.15, -0.1) is 0 Å². The van der Waals surface area contributed by atoms with Gasteiger partial charge in [-0.05, 0) is 11.6 Å². The number of ether oxygens (including phenoxy) is 1. The Morgan fingerprint density at radius 2 is 1.81 bits per heavy atom. The van der Waals surface area contributed by atoms with Gasteiger partial charge in [0.05, 0.1) is 10.6 Å². The fraction of sp³-hybridized carbons (Fsp3) is 0.167. The van der Waals surface area contributed by atoms with Crippen molar-refractivity contribution in [2.45, 2.75) is 19.4 Å². The van der Waals surface area contributed by atoms with Gasteiger partial charge in [-0.2, -0.15) is 0 Å². The number of carboxylic acids is 1. The van der Waals surface area contributed by atoms with Crippen molar-refractivity contribution in [3.63, 3.8) is 0 Å². The van der Waals surface area contributed by atoms with E-state index in [0.29, 0.717) is 5.56 Å². The minimum Gasteiger partial charge on any atom is -0.505 e. The summed E-state index contributed by atoms with van der Waals surface area (Å²) in [6, 6.07) is 8.50. The third-order valence-electron chi connectivity index (χ3n) is 3.53. The zero-order valence-corrected chi connectivity index (χ0v) is 15.5. The first-order chi connectivity index (χ1) is 12.7. The summed E-state index contributed by atoms with van der Waals surface area (Å²) in [5, 5.41) is 20.9. The number of nitrogens with one attached hydrogen (secondary N) is 1. The van der Waals surface area contributed by atoms with Crippen LogP contribution >= 0.6 is 23.2 Å². The minimum absolute atomic E-state index is 0.0321. The largest absolute Gasteiger partial charge is 0.505 e. The van der Waals surface area contributed by atoms with Crippen LogP contribution in [-0.2, 0) is 16.0 Å². The number of benzene rings is 2. The average Bonchev–Trinajstić information content (AvgIpc) is 2.61. The van der Waals surface area contributed by atoms with Crippen molar-refractivity contribution in [1.82, 2.24) is 5.32 Å². The molecule has 2 aromatic carbocycles. The van der Waals surface area contributed by atoms with Crippen LogP contribution in [0.4, 0.5) is 0 Å². The molecule has 0 aliphatic rings. The number of aromatic hydroxyl groups is 1. The third-order valence-corrected chi connectivity index (χ3v) is 4.16. The molecule has 0 saturated heterocycles. The van der Waals surface area contributed by atoms with Crippen molar-refractivity contribution < 1.29 is 29.3 Å². The summed E-state index contributed by atoms with van der Waals surface area (Å²) in [6.07, 6.45) is 0.0321. The molecular formula is C18H15Cl2NO6. The standard InChI is InChI=1S/C18H15Cl2NO6/c1-9(22)27-16-11(8-12(19)15(23)14(16)20)17(24)21-13(18(25)26)7-10-5-3-2-4-6-10/h2-6,8,13,23H,7H2,1H3,(H,21,24)(H,25,26)/t13-/m0/s1. The van der Waals surface area contributed by atoms with Crippen molar-refractivity contribution in [3.05, 3.63) is 57.6 Å². The van der Waals surface area contributed by atoms with E-state index >= 15 is 0 Å². The number of phenolic OH excluding ortho intramolecular Hbond substituents is 1. The molecule has 0 aliphatic heterocycles. The number of carbonyl (C=O) groups is 3. The molecule has 27 heavy (non-hydrogen) atoms. The summed E-state index contributed by atoms with van der Waals surface area (Å²) >= 11 is 11.7. The summed E-state index contributed by atoms with van der Waals surface area (Å²) in [5.74, 6) is -3.89. The number of carboxylic acid groups (broad SMARTS) is 1. The maximum Gasteiger partial charge on any atom is 0.326 e. The predicted octanol–water partition coefficient (Wildman–Crippen LogP) is 3.05. The van der Waals surface area contributed by atoms with Crippen LogP contribution in [0, 0.1) is 0 Å². The molecule has 0 spiro atoms. The smallest absolute Gasteiger partial charge is 0.326 e. The number of halogens is 2. The maximum atomic E-state index is 12.6. The van der Waals surface area contributed by atoms with E-state index in [1.807, 2.05) is 0 Å². The minimum atomic E-state index is -1.25. The number of rotatable bonds is 6. The van der Waals surface area contributed by atoms with E-state index < -0.39 is 40.4 Å². The lowest BCUT2D eigenvalue weighted by atomic mass is 10.1. The normalized spacial score (nSPS) is 11.5. The number of amides is 1. The number of hydrogen-bond donors (Lipinski definition) is 3. The van der Waals surface area contributed by atoms with Crippen LogP contribution in [0.25, 0.3) is 0 Å². The van der Waals surface area contributed by atoms with E-state index in [2.05, 4.69) is 5.32 Å².